The molecule has 2 aliphatic carbocycles. The number of fused-ring (bicyclic) bond motifs is 1. The highest BCUT2D eigenvalue weighted by Gasteiger charge is 2.55. The van der Waals surface area contributed by atoms with E-state index in [1.807, 2.05) is 0 Å². The second-order valence-corrected chi connectivity index (χ2v) is 14.7. The number of ether oxygens (including phenoxy) is 1. The Morgan fingerprint density at radius 3 is 2.52 bits per heavy atom. The van der Waals surface area contributed by atoms with Crippen LogP contribution in [-0.2, 0) is 26.0 Å². The third kappa shape index (κ3) is 4.22. The van der Waals surface area contributed by atoms with E-state index in [0.717, 1.165) is 18.4 Å². The van der Waals surface area contributed by atoms with Crippen LogP contribution in [0.25, 0.3) is 0 Å². The molecular weight excluding hydrogens is 478 g/mol. The number of thioether (sulfide) groups is 2. The lowest BCUT2D eigenvalue weighted by molar-refractivity contribution is -0.150. The maximum atomic E-state index is 12.9. The predicted molar refractivity (Wildman–Crippen MR) is 133 cm³/mol. The Labute approximate surface area is 204 Å². The molecule has 1 aromatic carbocycles. The minimum Gasteiger partial charge on any atom is -0.457 e. The first-order chi connectivity index (χ1) is 15.8. The van der Waals surface area contributed by atoms with Crippen LogP contribution in [0.2, 0.25) is 0 Å². The summed E-state index contributed by atoms with van der Waals surface area (Å²) in [4.78, 5) is 25.6. The molecule has 2 bridgehead atoms. The first-order valence-electron chi connectivity index (χ1n) is 11.9. The fourth-order valence-corrected chi connectivity index (χ4v) is 11.2. The summed E-state index contributed by atoms with van der Waals surface area (Å²) >= 11 is 4.23. The molecule has 3 fully saturated rings. The van der Waals surface area contributed by atoms with Crippen LogP contribution in [0.3, 0.4) is 0 Å². The normalized spacial score (nSPS) is 28.0. The highest BCUT2D eigenvalue weighted by Crippen LogP contribution is 2.64. The molecular formula is C24H31NO5S3. The van der Waals surface area contributed by atoms with E-state index in [-0.39, 0.29) is 30.0 Å². The van der Waals surface area contributed by atoms with E-state index < -0.39 is 10.0 Å². The van der Waals surface area contributed by atoms with Crippen LogP contribution in [0.5, 0.6) is 0 Å². The molecule has 1 saturated heterocycles. The molecule has 0 aromatic heterocycles. The zero-order chi connectivity index (χ0) is 23.2. The lowest BCUT2D eigenvalue weighted by Crippen LogP contribution is -2.48. The molecule has 0 radical (unpaired) electrons. The Morgan fingerprint density at radius 2 is 1.85 bits per heavy atom. The number of esters is 1. The van der Waals surface area contributed by atoms with Crippen molar-refractivity contribution in [3.63, 3.8) is 0 Å². The quantitative estimate of drug-likeness (QED) is 0.421. The minimum atomic E-state index is -3.32. The molecule has 1 aromatic rings. The number of carbonyl (C=O) groups is 2. The minimum absolute atomic E-state index is 0.0461. The third-order valence-electron chi connectivity index (χ3n) is 7.75. The van der Waals surface area contributed by atoms with Crippen molar-refractivity contribution in [2.45, 2.75) is 49.5 Å². The molecule has 1 unspecified atom stereocenters. The number of hydrogen-bond donors (Lipinski definition) is 0. The summed E-state index contributed by atoms with van der Waals surface area (Å²) < 4.78 is 31.8. The van der Waals surface area contributed by atoms with Gasteiger partial charge in [-0.25, -0.2) is 8.42 Å². The molecule has 4 aliphatic rings. The number of rotatable bonds is 6. The number of benzene rings is 1. The van der Waals surface area contributed by atoms with Crippen LogP contribution in [-0.4, -0.2) is 54.7 Å². The standard InChI is InChI=1S/C24H31NO5S3/c1-2-33(28,29)25-9-8-16-12-17(6-7-21(16)25)22(26)15-30-23(27)18-13-19-4-3-5-20(14-18)24(19)31-10-11-32-24/h6-7,12,18-20H,2-5,8-11,13-15H2,1H3/t18?,19-,20+. The van der Waals surface area contributed by atoms with Gasteiger partial charge in [-0.15, -0.1) is 23.5 Å². The van der Waals surface area contributed by atoms with Gasteiger partial charge in [-0.2, -0.15) is 0 Å². The Hall–Kier alpha value is -1.19. The van der Waals surface area contributed by atoms with Gasteiger partial charge in [0.2, 0.25) is 10.0 Å². The Morgan fingerprint density at radius 1 is 1.15 bits per heavy atom. The largest absolute Gasteiger partial charge is 0.457 e. The number of hydrogen-bond acceptors (Lipinski definition) is 7. The molecule has 0 N–H and O–H groups in total. The lowest BCUT2D eigenvalue weighted by Gasteiger charge is -2.51. The Kier molecular flexibility index (Phi) is 6.50. The maximum Gasteiger partial charge on any atom is 0.309 e. The van der Waals surface area contributed by atoms with E-state index in [9.17, 15) is 18.0 Å². The summed E-state index contributed by atoms with van der Waals surface area (Å²) in [6.45, 7) is 1.78. The van der Waals surface area contributed by atoms with Gasteiger partial charge in [-0.05, 0) is 74.6 Å². The van der Waals surface area contributed by atoms with Crippen LogP contribution < -0.4 is 4.31 Å². The van der Waals surface area contributed by atoms with Gasteiger partial charge in [-0.3, -0.25) is 13.9 Å². The van der Waals surface area contributed by atoms with E-state index >= 15 is 0 Å². The van der Waals surface area contributed by atoms with Crippen LogP contribution in [0.15, 0.2) is 18.2 Å². The van der Waals surface area contributed by atoms with Crippen LogP contribution in [0, 0.1) is 17.8 Å². The summed E-state index contributed by atoms with van der Waals surface area (Å²) in [6.07, 6.45) is 5.98. The number of sulfonamides is 1. The molecule has 2 heterocycles. The Balaban J connectivity index is 1.20. The van der Waals surface area contributed by atoms with Gasteiger partial charge in [0.15, 0.2) is 12.4 Å². The number of nitrogens with zero attached hydrogens (tertiary/aromatic N) is 1. The Bertz CT molecular complexity index is 1030. The van der Waals surface area contributed by atoms with Crippen molar-refractivity contribution in [2.75, 3.05) is 34.7 Å². The van der Waals surface area contributed by atoms with E-state index in [1.165, 1.54) is 35.1 Å². The summed E-state index contributed by atoms with van der Waals surface area (Å²) in [5.41, 5.74) is 1.97. The zero-order valence-electron chi connectivity index (χ0n) is 19.0. The number of anilines is 1. The van der Waals surface area contributed by atoms with Crippen LogP contribution in [0.1, 0.15) is 54.9 Å². The number of carbonyl (C=O) groups excluding carboxylic acids is 2. The fraction of sp³-hybridized carbons (Fsp3) is 0.667. The fourth-order valence-electron chi connectivity index (χ4n) is 6.13. The van der Waals surface area contributed by atoms with Crippen molar-refractivity contribution in [3.05, 3.63) is 29.3 Å². The van der Waals surface area contributed by atoms with Gasteiger partial charge in [-0.1, -0.05) is 6.42 Å². The van der Waals surface area contributed by atoms with E-state index in [2.05, 4.69) is 23.5 Å². The van der Waals surface area contributed by atoms with E-state index in [0.29, 0.717) is 40.1 Å². The number of Topliss-reactive ketones (excluding diaryl/α,β-unsaturated/α-hetero) is 1. The van der Waals surface area contributed by atoms with Gasteiger partial charge < -0.3 is 4.74 Å². The first-order valence-corrected chi connectivity index (χ1v) is 15.5. The van der Waals surface area contributed by atoms with Gasteiger partial charge in [0.1, 0.15) is 0 Å². The summed E-state index contributed by atoms with van der Waals surface area (Å²) in [5, 5.41) is 0. The molecule has 5 rings (SSSR count). The van der Waals surface area contributed by atoms with E-state index in [4.69, 9.17) is 4.74 Å². The first kappa shape index (κ1) is 23.5. The molecule has 1 spiro atoms. The molecule has 9 heteroatoms. The second kappa shape index (κ2) is 9.11. The third-order valence-corrected chi connectivity index (χ3v) is 13.6. The highest BCUT2D eigenvalue weighted by atomic mass is 32.2. The van der Waals surface area contributed by atoms with Crippen molar-refractivity contribution in [3.8, 4) is 0 Å². The predicted octanol–water partition coefficient (Wildman–Crippen LogP) is 4.13. The molecule has 3 atom stereocenters. The molecule has 33 heavy (non-hydrogen) atoms. The smallest absolute Gasteiger partial charge is 0.309 e. The second-order valence-electron chi connectivity index (χ2n) is 9.51. The summed E-state index contributed by atoms with van der Waals surface area (Å²) in [6, 6.07) is 5.09. The summed E-state index contributed by atoms with van der Waals surface area (Å²) in [7, 11) is -3.32. The molecule has 2 aliphatic heterocycles. The topological polar surface area (TPSA) is 80.8 Å². The zero-order valence-corrected chi connectivity index (χ0v) is 21.4. The maximum absolute atomic E-state index is 12.9. The SMILES string of the molecule is CCS(=O)(=O)N1CCc2cc(C(=O)COC(=O)C3C[C@H]4CCC[C@@H](C3)C43SCCS3)ccc21. The summed E-state index contributed by atoms with van der Waals surface area (Å²) in [5.74, 6) is 3.03. The van der Waals surface area contributed by atoms with Crippen LogP contribution >= 0.6 is 23.5 Å². The van der Waals surface area contributed by atoms with Gasteiger partial charge in [0.25, 0.3) is 0 Å². The lowest BCUT2D eigenvalue weighted by atomic mass is 9.67. The van der Waals surface area contributed by atoms with Crippen LogP contribution in [0.4, 0.5) is 5.69 Å². The van der Waals surface area contributed by atoms with E-state index in [1.54, 1.807) is 25.1 Å². The van der Waals surface area contributed by atoms with Crippen molar-refractivity contribution >= 4 is 51.0 Å². The monoisotopic (exact) mass is 509 g/mol. The molecule has 180 valence electrons. The van der Waals surface area contributed by atoms with Gasteiger partial charge >= 0.3 is 5.97 Å². The van der Waals surface area contributed by atoms with Crippen molar-refractivity contribution in [1.29, 1.82) is 0 Å². The highest BCUT2D eigenvalue weighted by molar-refractivity contribution is 8.21. The number of ketones is 1. The van der Waals surface area contributed by atoms with Crippen molar-refractivity contribution in [2.24, 2.45) is 17.8 Å². The molecule has 2 saturated carbocycles. The average molecular weight is 510 g/mol. The van der Waals surface area contributed by atoms with Crippen molar-refractivity contribution in [1.82, 2.24) is 0 Å². The molecule has 6 nitrogen and oxygen atoms in total. The van der Waals surface area contributed by atoms with Gasteiger partial charge in [0.05, 0.1) is 21.4 Å². The van der Waals surface area contributed by atoms with Gasteiger partial charge in [0, 0.05) is 23.6 Å². The van der Waals surface area contributed by atoms with Crippen molar-refractivity contribution < 1.29 is 22.7 Å². The average Bonchev–Trinajstić information content (AvgIpc) is 3.45. The molecule has 0 amide bonds.